The molecule has 0 saturated heterocycles. The summed E-state index contributed by atoms with van der Waals surface area (Å²) in [5.41, 5.74) is 16.3. The van der Waals surface area contributed by atoms with Crippen LogP contribution >= 0.6 is 0 Å². The Balaban J connectivity index is 1.01. The highest BCUT2D eigenvalue weighted by Crippen LogP contribution is 2.61. The summed E-state index contributed by atoms with van der Waals surface area (Å²) in [5.74, 6) is 0. The molecule has 0 fully saturated rings. The molecule has 0 bridgehead atoms. The van der Waals surface area contributed by atoms with Gasteiger partial charge >= 0.3 is 0 Å². The lowest BCUT2D eigenvalue weighted by Crippen LogP contribution is -1.95. The van der Waals surface area contributed by atoms with Crippen molar-refractivity contribution in [2.45, 2.75) is 13.8 Å². The van der Waals surface area contributed by atoms with E-state index in [1.54, 1.807) is 0 Å². The molecule has 0 N–H and O–H groups in total. The first-order valence-corrected chi connectivity index (χ1v) is 26.0. The summed E-state index contributed by atoms with van der Waals surface area (Å²) in [5, 5.41) is 30.0. The van der Waals surface area contributed by atoms with Crippen LogP contribution in [0.25, 0.3) is 185 Å². The number of pyridine rings is 1. The maximum Gasteiger partial charge on any atom is 0.0722 e. The van der Waals surface area contributed by atoms with Gasteiger partial charge in [0.15, 0.2) is 0 Å². The Kier molecular flexibility index (Phi) is 7.28. The molecule has 1 heteroatoms. The van der Waals surface area contributed by atoms with E-state index in [4.69, 9.17) is 4.98 Å². The second kappa shape index (κ2) is 13.7. The van der Waals surface area contributed by atoms with Crippen LogP contribution in [0.3, 0.4) is 0 Å². The molecule has 0 amide bonds. The van der Waals surface area contributed by atoms with Crippen molar-refractivity contribution in [2.24, 2.45) is 0 Å². The van der Waals surface area contributed by atoms with Crippen molar-refractivity contribution >= 4 is 129 Å². The van der Waals surface area contributed by atoms with Gasteiger partial charge in [-0.05, 0) is 201 Å². The van der Waals surface area contributed by atoms with E-state index in [-0.39, 0.29) is 0 Å². The zero-order valence-corrected chi connectivity index (χ0v) is 40.7. The van der Waals surface area contributed by atoms with Crippen LogP contribution in [-0.4, -0.2) is 4.98 Å². The molecule has 16 aromatic carbocycles. The first-order chi connectivity index (χ1) is 36.6. The van der Waals surface area contributed by atoms with Gasteiger partial charge in [-0.15, -0.1) is 0 Å². The number of aryl methyl sites for hydroxylation is 2. The van der Waals surface area contributed by atoms with Gasteiger partial charge in [0.2, 0.25) is 0 Å². The van der Waals surface area contributed by atoms with Gasteiger partial charge in [-0.2, -0.15) is 0 Å². The lowest BCUT2D eigenvalue weighted by molar-refractivity contribution is 1.42. The minimum atomic E-state index is 1.01. The lowest BCUT2D eigenvalue weighted by Gasteiger charge is -2.22. The van der Waals surface area contributed by atoms with E-state index in [0.29, 0.717) is 0 Å². The van der Waals surface area contributed by atoms with Crippen LogP contribution in [-0.2, 0) is 0 Å². The van der Waals surface area contributed by atoms with Crippen molar-refractivity contribution in [3.8, 4) is 55.8 Å². The largest absolute Gasteiger partial charge is 0.248 e. The monoisotopic (exact) mass is 931 g/mol. The lowest BCUT2D eigenvalue weighted by atomic mass is 9.81. The minimum Gasteiger partial charge on any atom is -0.248 e. The van der Waals surface area contributed by atoms with Crippen molar-refractivity contribution in [3.63, 3.8) is 0 Å². The first kappa shape index (κ1) is 39.2. The number of hydrogen-bond donors (Lipinski definition) is 0. The van der Waals surface area contributed by atoms with Gasteiger partial charge in [-0.3, -0.25) is 0 Å². The molecule has 17 aromatic rings. The summed E-state index contributed by atoms with van der Waals surface area (Å²) in [6, 6.07) is 80.7. The first-order valence-electron chi connectivity index (χ1n) is 26.0. The highest BCUT2D eigenvalue weighted by Gasteiger charge is 2.34. The summed E-state index contributed by atoms with van der Waals surface area (Å²) in [4.78, 5) is 5.48. The van der Waals surface area contributed by atoms with E-state index in [1.807, 2.05) is 0 Å². The van der Waals surface area contributed by atoms with Crippen LogP contribution in [0, 0.1) is 13.8 Å². The quantitative estimate of drug-likeness (QED) is 0.127. The molecule has 18 rings (SSSR count). The third kappa shape index (κ3) is 4.75. The summed E-state index contributed by atoms with van der Waals surface area (Å²) in [6.07, 6.45) is 0. The van der Waals surface area contributed by atoms with Crippen molar-refractivity contribution in [1.82, 2.24) is 4.98 Å². The highest BCUT2D eigenvalue weighted by atomic mass is 14.7. The molecule has 1 aliphatic rings. The standard InChI is InChI=1S/C73H41N/c1-38-13-11-18-43(35-38)61-57-36-41-16-4-5-17-42(41)37-58(57)62(44-19-7-3-14-39(44)2)71-54-31-27-49-51-29-33-56-67-55(32-28-50(64(51)67)48-26-30-53(70(61)71)66(54)63(48)49)72-68(60-34-25-40-15-6-10-24-59(40)74-60)52-23-12-22-46-45-20-8-9-21-47(45)69(65(46)52)73(56)72/h3-37H,1-2H3. The third-order valence-corrected chi connectivity index (χ3v) is 17.5. The second-order valence-electron chi connectivity index (χ2n) is 21.2. The number of rotatable bonds is 3. The zero-order chi connectivity index (χ0) is 48.2. The van der Waals surface area contributed by atoms with Crippen LogP contribution in [0.1, 0.15) is 11.1 Å². The molecule has 74 heavy (non-hydrogen) atoms. The predicted octanol–water partition coefficient (Wildman–Crippen LogP) is 20.5. The molecule has 0 radical (unpaired) electrons. The Morgan fingerprint density at radius 3 is 1.53 bits per heavy atom. The predicted molar refractivity (Wildman–Crippen MR) is 318 cm³/mol. The molecule has 0 atom stereocenters. The van der Waals surface area contributed by atoms with Crippen molar-refractivity contribution in [3.05, 3.63) is 223 Å². The molecule has 0 saturated carbocycles. The average Bonchev–Trinajstić information content (AvgIpc) is 4.08. The summed E-state index contributed by atoms with van der Waals surface area (Å²) in [7, 11) is 0. The third-order valence-electron chi connectivity index (χ3n) is 17.5. The Hall–Kier alpha value is -9.43. The van der Waals surface area contributed by atoms with E-state index < -0.39 is 0 Å². The van der Waals surface area contributed by atoms with Gasteiger partial charge in [0.05, 0.1) is 11.2 Å². The van der Waals surface area contributed by atoms with Gasteiger partial charge in [0.1, 0.15) is 0 Å². The van der Waals surface area contributed by atoms with Crippen molar-refractivity contribution in [2.75, 3.05) is 0 Å². The number of para-hydroxylation sites is 1. The molecule has 0 spiro atoms. The van der Waals surface area contributed by atoms with Crippen LogP contribution in [0.4, 0.5) is 0 Å². The van der Waals surface area contributed by atoms with Crippen LogP contribution in [0.15, 0.2) is 212 Å². The molecule has 0 aliphatic heterocycles. The number of fused-ring (bicyclic) bond motifs is 15. The normalized spacial score (nSPS) is 12.7. The van der Waals surface area contributed by atoms with E-state index in [2.05, 4.69) is 226 Å². The smallest absolute Gasteiger partial charge is 0.0722 e. The van der Waals surface area contributed by atoms with Gasteiger partial charge in [-0.25, -0.2) is 4.98 Å². The van der Waals surface area contributed by atoms with Gasteiger partial charge in [0.25, 0.3) is 0 Å². The number of nitrogens with zero attached hydrogens (tertiary/aromatic N) is 1. The molecule has 1 aromatic heterocycles. The van der Waals surface area contributed by atoms with E-state index >= 15 is 0 Å². The zero-order valence-electron chi connectivity index (χ0n) is 40.7. The molecular formula is C73H41N. The molecule has 0 unspecified atom stereocenters. The van der Waals surface area contributed by atoms with E-state index in [9.17, 15) is 0 Å². The Morgan fingerprint density at radius 2 is 0.770 bits per heavy atom. The fraction of sp³-hybridized carbons (Fsp3) is 0.0274. The summed E-state index contributed by atoms with van der Waals surface area (Å²) < 4.78 is 0. The SMILES string of the molecule is Cc1cccc(-c2c3c(c(-c4ccccc4C)c4cc5ccccc5cc24)-c2ccc4c5ccc6c7c(ccc(c8ccc-3c2c84)c57)c2c(-c3ccc4ccccc4n3)c3cccc4c5ccccc5c(c34)c62)c1. The molecular weight excluding hydrogens is 891 g/mol. The fourth-order valence-electron chi connectivity index (χ4n) is 14.6. The van der Waals surface area contributed by atoms with E-state index in [0.717, 1.165) is 16.6 Å². The van der Waals surface area contributed by atoms with Crippen LogP contribution in [0.5, 0.6) is 0 Å². The maximum absolute atomic E-state index is 5.48. The van der Waals surface area contributed by atoms with E-state index in [1.165, 1.54) is 180 Å². The topological polar surface area (TPSA) is 12.9 Å². The maximum atomic E-state index is 5.48. The Labute approximate surface area is 425 Å². The molecule has 1 aliphatic carbocycles. The van der Waals surface area contributed by atoms with Crippen molar-refractivity contribution in [1.29, 1.82) is 0 Å². The highest BCUT2D eigenvalue weighted by molar-refractivity contribution is 6.51. The van der Waals surface area contributed by atoms with Gasteiger partial charge < -0.3 is 0 Å². The average molecular weight is 932 g/mol. The number of hydrogen-bond acceptors (Lipinski definition) is 1. The number of benzene rings is 14. The second-order valence-corrected chi connectivity index (χ2v) is 21.2. The number of aromatic nitrogens is 1. The molecule has 1 heterocycles. The Bertz CT molecular complexity index is 5360. The van der Waals surface area contributed by atoms with Gasteiger partial charge in [0, 0.05) is 16.3 Å². The molecule has 1 nitrogen and oxygen atoms in total. The summed E-state index contributed by atoms with van der Waals surface area (Å²) >= 11 is 0. The van der Waals surface area contributed by atoms with Crippen LogP contribution in [0.2, 0.25) is 0 Å². The van der Waals surface area contributed by atoms with Gasteiger partial charge in [-0.1, -0.05) is 194 Å². The minimum absolute atomic E-state index is 1.01. The fourth-order valence-corrected chi connectivity index (χ4v) is 14.6. The summed E-state index contributed by atoms with van der Waals surface area (Å²) in [6.45, 7) is 4.50. The van der Waals surface area contributed by atoms with Crippen LogP contribution < -0.4 is 0 Å². The Morgan fingerprint density at radius 1 is 0.257 bits per heavy atom. The molecule has 338 valence electrons. The van der Waals surface area contributed by atoms with Crippen molar-refractivity contribution < 1.29 is 0 Å².